The van der Waals surface area contributed by atoms with Gasteiger partial charge in [0.1, 0.15) is 0 Å². The highest BCUT2D eigenvalue weighted by Gasteiger charge is 2.09. The summed E-state index contributed by atoms with van der Waals surface area (Å²) in [4.78, 5) is 0. The molecule has 0 radical (unpaired) electrons. The predicted molar refractivity (Wildman–Crippen MR) is 67.4 cm³/mol. The van der Waals surface area contributed by atoms with Gasteiger partial charge in [0.2, 0.25) is 0 Å². The van der Waals surface area contributed by atoms with Crippen LogP contribution in [-0.2, 0) is 4.74 Å². The van der Waals surface area contributed by atoms with E-state index < -0.39 is 0 Å². The lowest BCUT2D eigenvalue weighted by molar-refractivity contribution is 0.167. The van der Waals surface area contributed by atoms with Crippen LogP contribution in [0, 0.1) is 0 Å². The molecule has 0 aromatic heterocycles. The normalized spacial score (nSPS) is 12.6. The van der Waals surface area contributed by atoms with E-state index in [0.717, 1.165) is 25.9 Å². The molecule has 90 valence electrons. The van der Waals surface area contributed by atoms with Gasteiger partial charge in [-0.05, 0) is 31.5 Å². The fraction of sp³-hybridized carbons (Fsp3) is 0.538. The van der Waals surface area contributed by atoms with E-state index in [2.05, 4.69) is 29.6 Å². The molecular formula is C13H22N2O. The SMILES string of the molecule is COCC(NCCCCN)c1ccccc1. The summed E-state index contributed by atoms with van der Waals surface area (Å²) in [5, 5.41) is 3.49. The Bertz CT molecular complexity index is 264. The van der Waals surface area contributed by atoms with Crippen LogP contribution in [0.2, 0.25) is 0 Å². The maximum absolute atomic E-state index is 5.46. The third-order valence-electron chi connectivity index (χ3n) is 2.56. The second-order valence-electron chi connectivity index (χ2n) is 3.87. The van der Waals surface area contributed by atoms with Crippen LogP contribution in [0.4, 0.5) is 0 Å². The zero-order valence-corrected chi connectivity index (χ0v) is 9.99. The van der Waals surface area contributed by atoms with Gasteiger partial charge in [0.05, 0.1) is 12.6 Å². The Balaban J connectivity index is 2.41. The lowest BCUT2D eigenvalue weighted by atomic mass is 10.1. The van der Waals surface area contributed by atoms with Gasteiger partial charge in [-0.25, -0.2) is 0 Å². The molecule has 0 aliphatic carbocycles. The van der Waals surface area contributed by atoms with E-state index in [-0.39, 0.29) is 6.04 Å². The molecule has 3 nitrogen and oxygen atoms in total. The molecule has 0 amide bonds. The Morgan fingerprint density at radius 1 is 1.25 bits per heavy atom. The maximum atomic E-state index is 5.46. The van der Waals surface area contributed by atoms with E-state index in [4.69, 9.17) is 10.5 Å². The van der Waals surface area contributed by atoms with Gasteiger partial charge >= 0.3 is 0 Å². The van der Waals surface area contributed by atoms with Crippen LogP contribution in [0.5, 0.6) is 0 Å². The molecule has 0 aliphatic heterocycles. The van der Waals surface area contributed by atoms with Gasteiger partial charge in [-0.2, -0.15) is 0 Å². The average molecular weight is 222 g/mol. The van der Waals surface area contributed by atoms with Crippen molar-refractivity contribution in [3.05, 3.63) is 35.9 Å². The first kappa shape index (κ1) is 13.2. The molecule has 0 heterocycles. The van der Waals surface area contributed by atoms with Crippen LogP contribution >= 0.6 is 0 Å². The predicted octanol–water partition coefficient (Wildman–Crippen LogP) is 1.70. The quantitative estimate of drug-likeness (QED) is 0.658. The molecule has 16 heavy (non-hydrogen) atoms. The van der Waals surface area contributed by atoms with Crippen molar-refractivity contribution in [1.29, 1.82) is 0 Å². The number of nitrogens with one attached hydrogen (secondary N) is 1. The number of benzene rings is 1. The molecule has 1 aromatic rings. The molecule has 0 saturated heterocycles. The van der Waals surface area contributed by atoms with E-state index >= 15 is 0 Å². The van der Waals surface area contributed by atoms with Crippen molar-refractivity contribution in [2.45, 2.75) is 18.9 Å². The molecule has 1 aromatic carbocycles. The van der Waals surface area contributed by atoms with Crippen molar-refractivity contribution in [1.82, 2.24) is 5.32 Å². The monoisotopic (exact) mass is 222 g/mol. The zero-order chi connectivity index (χ0) is 11.6. The first-order valence-corrected chi connectivity index (χ1v) is 5.86. The Morgan fingerprint density at radius 2 is 2.00 bits per heavy atom. The summed E-state index contributed by atoms with van der Waals surface area (Å²) in [6.45, 7) is 2.45. The number of ether oxygens (including phenoxy) is 1. The van der Waals surface area contributed by atoms with Crippen LogP contribution in [0.1, 0.15) is 24.4 Å². The summed E-state index contributed by atoms with van der Waals surface area (Å²) in [6.07, 6.45) is 2.19. The second kappa shape index (κ2) is 8.28. The van der Waals surface area contributed by atoms with E-state index in [1.807, 2.05) is 6.07 Å². The van der Waals surface area contributed by atoms with Crippen LogP contribution in [-0.4, -0.2) is 26.8 Å². The van der Waals surface area contributed by atoms with Gasteiger partial charge in [-0.1, -0.05) is 30.3 Å². The second-order valence-corrected chi connectivity index (χ2v) is 3.87. The van der Waals surface area contributed by atoms with E-state index in [0.29, 0.717) is 6.61 Å². The highest BCUT2D eigenvalue weighted by molar-refractivity contribution is 5.18. The lowest BCUT2D eigenvalue weighted by Gasteiger charge is -2.18. The molecule has 0 aliphatic rings. The van der Waals surface area contributed by atoms with Crippen molar-refractivity contribution in [2.75, 3.05) is 26.8 Å². The summed E-state index contributed by atoms with van der Waals surface area (Å²) in [6, 6.07) is 10.7. The molecule has 3 heteroatoms. The van der Waals surface area contributed by atoms with Gasteiger partial charge in [0, 0.05) is 7.11 Å². The highest BCUT2D eigenvalue weighted by Crippen LogP contribution is 2.12. The highest BCUT2D eigenvalue weighted by atomic mass is 16.5. The Hall–Kier alpha value is -0.900. The van der Waals surface area contributed by atoms with Crippen molar-refractivity contribution in [3.8, 4) is 0 Å². The Labute approximate surface area is 98.0 Å². The molecule has 0 spiro atoms. The number of hydrogen-bond acceptors (Lipinski definition) is 3. The zero-order valence-electron chi connectivity index (χ0n) is 9.99. The maximum Gasteiger partial charge on any atom is 0.0657 e. The van der Waals surface area contributed by atoms with Crippen LogP contribution in [0.3, 0.4) is 0 Å². The van der Waals surface area contributed by atoms with E-state index in [9.17, 15) is 0 Å². The molecule has 0 fully saturated rings. The molecular weight excluding hydrogens is 200 g/mol. The third kappa shape index (κ3) is 4.75. The number of unbranched alkanes of at least 4 members (excludes halogenated alkanes) is 1. The lowest BCUT2D eigenvalue weighted by Crippen LogP contribution is -2.26. The van der Waals surface area contributed by atoms with Crippen molar-refractivity contribution < 1.29 is 4.74 Å². The molecule has 1 unspecified atom stereocenters. The summed E-state index contributed by atoms with van der Waals surface area (Å²) < 4.78 is 5.23. The van der Waals surface area contributed by atoms with Gasteiger partial charge < -0.3 is 15.8 Å². The molecule has 1 rings (SSSR count). The number of nitrogens with two attached hydrogens (primary N) is 1. The minimum absolute atomic E-state index is 0.281. The molecule has 0 bridgehead atoms. The fourth-order valence-electron chi connectivity index (χ4n) is 1.67. The summed E-state index contributed by atoms with van der Waals surface area (Å²) in [5.41, 5.74) is 6.74. The molecule has 1 atom stereocenters. The van der Waals surface area contributed by atoms with Crippen molar-refractivity contribution >= 4 is 0 Å². The number of methoxy groups -OCH3 is 1. The van der Waals surface area contributed by atoms with Crippen molar-refractivity contribution in [3.63, 3.8) is 0 Å². The van der Waals surface area contributed by atoms with Gasteiger partial charge in [0.15, 0.2) is 0 Å². The van der Waals surface area contributed by atoms with Crippen LogP contribution in [0.15, 0.2) is 30.3 Å². The topological polar surface area (TPSA) is 47.3 Å². The fourth-order valence-corrected chi connectivity index (χ4v) is 1.67. The minimum atomic E-state index is 0.281. The standard InChI is InChI=1S/C13H22N2O/c1-16-11-13(15-10-6-5-9-14)12-7-3-2-4-8-12/h2-4,7-8,13,15H,5-6,9-11,14H2,1H3. The number of hydrogen-bond donors (Lipinski definition) is 2. The third-order valence-corrected chi connectivity index (χ3v) is 2.56. The van der Waals surface area contributed by atoms with Crippen molar-refractivity contribution in [2.24, 2.45) is 5.73 Å². The Morgan fingerprint density at radius 3 is 2.62 bits per heavy atom. The first-order valence-electron chi connectivity index (χ1n) is 5.86. The largest absolute Gasteiger partial charge is 0.383 e. The summed E-state index contributed by atoms with van der Waals surface area (Å²) in [7, 11) is 1.73. The summed E-state index contributed by atoms with van der Waals surface area (Å²) >= 11 is 0. The Kier molecular flexibility index (Phi) is 6.81. The summed E-state index contributed by atoms with van der Waals surface area (Å²) in [5.74, 6) is 0. The van der Waals surface area contributed by atoms with E-state index in [1.54, 1.807) is 7.11 Å². The first-order chi connectivity index (χ1) is 7.88. The van der Waals surface area contributed by atoms with E-state index in [1.165, 1.54) is 5.56 Å². The molecule has 0 saturated carbocycles. The molecule has 3 N–H and O–H groups in total. The minimum Gasteiger partial charge on any atom is -0.383 e. The van der Waals surface area contributed by atoms with Gasteiger partial charge in [-0.3, -0.25) is 0 Å². The van der Waals surface area contributed by atoms with Crippen LogP contribution in [0.25, 0.3) is 0 Å². The average Bonchev–Trinajstić information content (AvgIpc) is 2.34. The smallest absolute Gasteiger partial charge is 0.0657 e. The van der Waals surface area contributed by atoms with Gasteiger partial charge in [-0.15, -0.1) is 0 Å². The number of rotatable bonds is 8. The van der Waals surface area contributed by atoms with Crippen LogP contribution < -0.4 is 11.1 Å². The van der Waals surface area contributed by atoms with Gasteiger partial charge in [0.25, 0.3) is 0 Å².